The SMILES string of the molecule is Cc1ccc(-c2cc(F)c(-c3cc(C)c(C)s3)c(F)c2)c(F)c1. The van der Waals surface area contributed by atoms with Gasteiger partial charge in [-0.2, -0.15) is 0 Å². The molecule has 0 atom stereocenters. The van der Waals surface area contributed by atoms with Crippen molar-refractivity contribution in [2.24, 2.45) is 0 Å². The van der Waals surface area contributed by atoms with Crippen LogP contribution in [-0.2, 0) is 0 Å². The molecule has 1 heterocycles. The van der Waals surface area contributed by atoms with Gasteiger partial charge >= 0.3 is 0 Å². The molecule has 0 aliphatic rings. The van der Waals surface area contributed by atoms with E-state index in [-0.39, 0.29) is 16.7 Å². The van der Waals surface area contributed by atoms with E-state index in [0.717, 1.165) is 16.0 Å². The molecule has 3 aromatic rings. The van der Waals surface area contributed by atoms with Gasteiger partial charge in [-0.25, -0.2) is 13.2 Å². The third kappa shape index (κ3) is 2.91. The first kappa shape index (κ1) is 15.8. The van der Waals surface area contributed by atoms with Gasteiger partial charge in [-0.15, -0.1) is 11.3 Å². The minimum Gasteiger partial charge on any atom is -0.206 e. The lowest BCUT2D eigenvalue weighted by atomic mass is 10.0. The molecule has 0 bridgehead atoms. The third-order valence-electron chi connectivity index (χ3n) is 3.89. The molecule has 0 fully saturated rings. The van der Waals surface area contributed by atoms with Crippen LogP contribution in [0, 0.1) is 38.2 Å². The van der Waals surface area contributed by atoms with Crippen LogP contribution in [0.25, 0.3) is 21.6 Å². The number of halogens is 3. The van der Waals surface area contributed by atoms with Gasteiger partial charge < -0.3 is 0 Å². The Bertz CT molecular complexity index is 851. The van der Waals surface area contributed by atoms with Crippen LogP contribution in [0.4, 0.5) is 13.2 Å². The average Bonchev–Trinajstić information content (AvgIpc) is 2.77. The summed E-state index contributed by atoms with van der Waals surface area (Å²) >= 11 is 1.35. The van der Waals surface area contributed by atoms with Crippen molar-refractivity contribution >= 4 is 11.3 Å². The lowest BCUT2D eigenvalue weighted by molar-refractivity contribution is 0.590. The fraction of sp³-hybridized carbons (Fsp3) is 0.158. The van der Waals surface area contributed by atoms with Gasteiger partial charge in [-0.05, 0) is 61.7 Å². The third-order valence-corrected chi connectivity index (χ3v) is 5.06. The molecule has 118 valence electrons. The van der Waals surface area contributed by atoms with Gasteiger partial charge in [0.1, 0.15) is 17.5 Å². The van der Waals surface area contributed by atoms with Crippen LogP contribution >= 0.6 is 11.3 Å². The van der Waals surface area contributed by atoms with Crippen LogP contribution in [0.1, 0.15) is 16.0 Å². The zero-order valence-corrected chi connectivity index (χ0v) is 13.8. The minimum atomic E-state index is -0.679. The smallest absolute Gasteiger partial charge is 0.135 e. The average molecular weight is 332 g/mol. The molecule has 4 heteroatoms. The van der Waals surface area contributed by atoms with Crippen LogP contribution in [0.3, 0.4) is 0 Å². The second-order valence-corrected chi connectivity index (χ2v) is 6.90. The molecule has 0 radical (unpaired) electrons. The van der Waals surface area contributed by atoms with Crippen LogP contribution < -0.4 is 0 Å². The number of rotatable bonds is 2. The molecular weight excluding hydrogens is 317 g/mol. The van der Waals surface area contributed by atoms with Crippen molar-refractivity contribution in [2.45, 2.75) is 20.8 Å². The van der Waals surface area contributed by atoms with Crippen molar-refractivity contribution in [3.05, 3.63) is 69.9 Å². The van der Waals surface area contributed by atoms with Crippen LogP contribution in [0.2, 0.25) is 0 Å². The van der Waals surface area contributed by atoms with Gasteiger partial charge in [-0.1, -0.05) is 12.1 Å². The lowest BCUT2D eigenvalue weighted by Gasteiger charge is -2.09. The summed E-state index contributed by atoms with van der Waals surface area (Å²) in [4.78, 5) is 1.57. The van der Waals surface area contributed by atoms with E-state index in [1.54, 1.807) is 19.1 Å². The Morgan fingerprint density at radius 1 is 0.783 bits per heavy atom. The normalized spacial score (nSPS) is 11.0. The van der Waals surface area contributed by atoms with Crippen molar-refractivity contribution in [1.82, 2.24) is 0 Å². The first-order valence-corrected chi connectivity index (χ1v) is 8.01. The van der Waals surface area contributed by atoms with Crippen molar-refractivity contribution in [1.29, 1.82) is 0 Å². The number of hydrogen-bond donors (Lipinski definition) is 0. The Morgan fingerprint density at radius 3 is 1.96 bits per heavy atom. The highest BCUT2D eigenvalue weighted by atomic mass is 32.1. The summed E-state index contributed by atoms with van der Waals surface area (Å²) in [7, 11) is 0. The predicted octanol–water partition coefficient (Wildman–Crippen LogP) is 6.42. The number of aryl methyl sites for hydroxylation is 3. The Balaban J connectivity index is 2.14. The molecule has 0 nitrogen and oxygen atoms in total. The summed E-state index contributed by atoms with van der Waals surface area (Å²) < 4.78 is 43.0. The summed E-state index contributed by atoms with van der Waals surface area (Å²) in [5, 5.41) is 0. The number of benzene rings is 2. The number of hydrogen-bond acceptors (Lipinski definition) is 1. The molecule has 0 saturated heterocycles. The molecule has 0 unspecified atom stereocenters. The molecule has 2 aromatic carbocycles. The maximum Gasteiger partial charge on any atom is 0.135 e. The summed E-state index contributed by atoms with van der Waals surface area (Å²) in [6.45, 7) is 5.58. The second kappa shape index (κ2) is 5.85. The van der Waals surface area contributed by atoms with Crippen LogP contribution in [0.15, 0.2) is 36.4 Å². The quantitative estimate of drug-likeness (QED) is 0.507. The first-order valence-electron chi connectivity index (χ1n) is 7.20. The van der Waals surface area contributed by atoms with Gasteiger partial charge in [-0.3, -0.25) is 0 Å². The lowest BCUT2D eigenvalue weighted by Crippen LogP contribution is -1.93. The van der Waals surface area contributed by atoms with Crippen LogP contribution in [-0.4, -0.2) is 0 Å². The maximum absolute atomic E-state index is 14.5. The minimum absolute atomic E-state index is 0.0533. The Morgan fingerprint density at radius 2 is 1.43 bits per heavy atom. The van der Waals surface area contributed by atoms with Crippen molar-refractivity contribution in [2.75, 3.05) is 0 Å². The molecule has 0 N–H and O–H groups in total. The standard InChI is InChI=1S/C19H15F3S/c1-10-4-5-14(15(20)6-10)13-8-16(21)19(17(22)9-13)18-7-11(2)12(3)23-18/h4-9H,1-3H3. The van der Waals surface area contributed by atoms with Crippen LogP contribution in [0.5, 0.6) is 0 Å². The first-order chi connectivity index (χ1) is 10.9. The molecule has 0 spiro atoms. The summed E-state index contributed by atoms with van der Waals surface area (Å²) in [6.07, 6.45) is 0. The Kier molecular flexibility index (Phi) is 4.02. The fourth-order valence-corrected chi connectivity index (χ4v) is 3.60. The zero-order chi connectivity index (χ0) is 16.7. The van der Waals surface area contributed by atoms with E-state index in [1.807, 2.05) is 13.8 Å². The van der Waals surface area contributed by atoms with Gasteiger partial charge in [0.05, 0.1) is 5.56 Å². The molecule has 0 aliphatic heterocycles. The Hall–Kier alpha value is -2.07. The van der Waals surface area contributed by atoms with E-state index in [9.17, 15) is 13.2 Å². The predicted molar refractivity (Wildman–Crippen MR) is 89.3 cm³/mol. The Labute approximate surface area is 137 Å². The summed E-state index contributed by atoms with van der Waals surface area (Å²) in [5.41, 5.74) is 2.10. The van der Waals surface area contributed by atoms with E-state index in [2.05, 4.69) is 0 Å². The summed E-state index contributed by atoms with van der Waals surface area (Å²) in [5.74, 6) is -1.85. The highest BCUT2D eigenvalue weighted by Gasteiger charge is 2.17. The second-order valence-electron chi connectivity index (χ2n) is 5.65. The van der Waals surface area contributed by atoms with E-state index in [4.69, 9.17) is 0 Å². The zero-order valence-electron chi connectivity index (χ0n) is 13.0. The van der Waals surface area contributed by atoms with E-state index >= 15 is 0 Å². The van der Waals surface area contributed by atoms with E-state index in [0.29, 0.717) is 4.88 Å². The van der Waals surface area contributed by atoms with Gasteiger partial charge in [0.15, 0.2) is 0 Å². The van der Waals surface area contributed by atoms with E-state index in [1.165, 1.54) is 35.6 Å². The van der Waals surface area contributed by atoms with Gasteiger partial charge in [0, 0.05) is 15.3 Å². The highest BCUT2D eigenvalue weighted by molar-refractivity contribution is 7.15. The van der Waals surface area contributed by atoms with E-state index < -0.39 is 17.5 Å². The highest BCUT2D eigenvalue weighted by Crippen LogP contribution is 2.36. The van der Waals surface area contributed by atoms with Crippen molar-refractivity contribution in [3.63, 3.8) is 0 Å². The molecular formula is C19H15F3S. The fourth-order valence-electron chi connectivity index (χ4n) is 2.51. The summed E-state index contributed by atoms with van der Waals surface area (Å²) in [6, 6.07) is 8.76. The molecule has 0 amide bonds. The largest absolute Gasteiger partial charge is 0.206 e. The molecule has 0 saturated carbocycles. The maximum atomic E-state index is 14.5. The van der Waals surface area contributed by atoms with Crippen molar-refractivity contribution in [3.8, 4) is 21.6 Å². The molecule has 3 rings (SSSR count). The van der Waals surface area contributed by atoms with Crippen molar-refractivity contribution < 1.29 is 13.2 Å². The molecule has 23 heavy (non-hydrogen) atoms. The number of thiophene rings is 1. The monoisotopic (exact) mass is 332 g/mol. The topological polar surface area (TPSA) is 0 Å². The van der Waals surface area contributed by atoms with Gasteiger partial charge in [0.2, 0.25) is 0 Å². The molecule has 0 aliphatic carbocycles. The molecule has 1 aromatic heterocycles. The van der Waals surface area contributed by atoms with Gasteiger partial charge in [0.25, 0.3) is 0 Å².